The lowest BCUT2D eigenvalue weighted by molar-refractivity contribution is 0.102. The third-order valence-electron chi connectivity index (χ3n) is 3.63. The van der Waals surface area contributed by atoms with Gasteiger partial charge in [0.25, 0.3) is 11.5 Å². The van der Waals surface area contributed by atoms with Crippen molar-refractivity contribution in [2.45, 2.75) is 6.54 Å². The van der Waals surface area contributed by atoms with Crippen molar-refractivity contribution in [3.05, 3.63) is 98.4 Å². The van der Waals surface area contributed by atoms with Crippen LogP contribution >= 0.6 is 23.2 Å². The number of nitrogens with one attached hydrogen (secondary N) is 1. The standard InChI is InChI=1S/C19H14Cl2N2O2/c20-15-5-3-6-16(10-15)22-19(25)14-8-9-18(24)23(12-14)11-13-4-1-2-7-17(13)21/h1-10,12H,11H2,(H,22,25). The first-order valence-electron chi connectivity index (χ1n) is 7.54. The average molecular weight is 373 g/mol. The number of halogens is 2. The lowest BCUT2D eigenvalue weighted by Gasteiger charge is -2.10. The Morgan fingerprint density at radius 1 is 1.00 bits per heavy atom. The Morgan fingerprint density at radius 2 is 1.80 bits per heavy atom. The summed E-state index contributed by atoms with van der Waals surface area (Å²) in [5, 5.41) is 3.86. The van der Waals surface area contributed by atoms with Gasteiger partial charge in [-0.25, -0.2) is 0 Å². The Bertz CT molecular complexity index is 983. The Hall–Kier alpha value is -2.56. The van der Waals surface area contributed by atoms with Crippen LogP contribution in [0.4, 0.5) is 5.69 Å². The summed E-state index contributed by atoms with van der Waals surface area (Å²) in [7, 11) is 0. The Balaban J connectivity index is 1.85. The molecule has 0 radical (unpaired) electrons. The molecule has 0 aliphatic rings. The number of benzene rings is 2. The van der Waals surface area contributed by atoms with Gasteiger partial charge in [-0.15, -0.1) is 0 Å². The summed E-state index contributed by atoms with van der Waals surface area (Å²) in [6.07, 6.45) is 1.52. The van der Waals surface area contributed by atoms with Gasteiger partial charge in [-0.05, 0) is 35.9 Å². The smallest absolute Gasteiger partial charge is 0.257 e. The van der Waals surface area contributed by atoms with Crippen LogP contribution in [0.25, 0.3) is 0 Å². The highest BCUT2D eigenvalue weighted by atomic mass is 35.5. The topological polar surface area (TPSA) is 51.1 Å². The number of hydrogen-bond acceptors (Lipinski definition) is 2. The van der Waals surface area contributed by atoms with Crippen LogP contribution in [-0.4, -0.2) is 10.5 Å². The maximum atomic E-state index is 12.4. The predicted octanol–water partition coefficient (Wildman–Crippen LogP) is 4.46. The van der Waals surface area contributed by atoms with E-state index >= 15 is 0 Å². The minimum absolute atomic E-state index is 0.209. The molecule has 2 aromatic carbocycles. The molecule has 25 heavy (non-hydrogen) atoms. The maximum Gasteiger partial charge on any atom is 0.257 e. The van der Waals surface area contributed by atoms with Gasteiger partial charge in [-0.3, -0.25) is 9.59 Å². The number of hydrogen-bond donors (Lipinski definition) is 1. The number of pyridine rings is 1. The minimum Gasteiger partial charge on any atom is -0.322 e. The molecule has 0 saturated heterocycles. The fourth-order valence-corrected chi connectivity index (χ4v) is 2.75. The molecule has 126 valence electrons. The van der Waals surface area contributed by atoms with Crippen molar-refractivity contribution in [2.24, 2.45) is 0 Å². The summed E-state index contributed by atoms with van der Waals surface area (Å²) in [5.74, 6) is -0.324. The summed E-state index contributed by atoms with van der Waals surface area (Å²) in [5.41, 5.74) is 1.55. The van der Waals surface area contributed by atoms with Gasteiger partial charge in [0.1, 0.15) is 0 Å². The highest BCUT2D eigenvalue weighted by Crippen LogP contribution is 2.17. The number of carbonyl (C=O) groups is 1. The fourth-order valence-electron chi connectivity index (χ4n) is 2.37. The van der Waals surface area contributed by atoms with Crippen molar-refractivity contribution in [3.8, 4) is 0 Å². The first kappa shape index (κ1) is 17.3. The van der Waals surface area contributed by atoms with Crippen molar-refractivity contribution < 1.29 is 4.79 Å². The van der Waals surface area contributed by atoms with E-state index in [1.54, 1.807) is 30.3 Å². The molecule has 0 aliphatic carbocycles. The number of aromatic nitrogens is 1. The van der Waals surface area contributed by atoms with E-state index < -0.39 is 0 Å². The van der Waals surface area contributed by atoms with Crippen molar-refractivity contribution in [1.82, 2.24) is 4.57 Å². The molecular weight excluding hydrogens is 359 g/mol. The molecule has 1 aromatic heterocycles. The molecule has 0 spiro atoms. The predicted molar refractivity (Wildman–Crippen MR) is 101 cm³/mol. The van der Waals surface area contributed by atoms with E-state index in [1.165, 1.54) is 22.9 Å². The first-order chi connectivity index (χ1) is 12.0. The summed E-state index contributed by atoms with van der Waals surface area (Å²) < 4.78 is 1.45. The zero-order chi connectivity index (χ0) is 17.8. The van der Waals surface area contributed by atoms with Gasteiger partial charge in [0.15, 0.2) is 0 Å². The Morgan fingerprint density at radius 3 is 2.56 bits per heavy atom. The zero-order valence-electron chi connectivity index (χ0n) is 13.1. The van der Waals surface area contributed by atoms with Crippen LogP contribution in [0.15, 0.2) is 71.7 Å². The van der Waals surface area contributed by atoms with Crippen LogP contribution < -0.4 is 10.9 Å². The van der Waals surface area contributed by atoms with Gasteiger partial charge in [0, 0.05) is 28.0 Å². The summed E-state index contributed by atoms with van der Waals surface area (Å²) >= 11 is 12.1. The van der Waals surface area contributed by atoms with Gasteiger partial charge < -0.3 is 9.88 Å². The molecule has 0 unspecified atom stereocenters. The van der Waals surface area contributed by atoms with Crippen LogP contribution in [0.5, 0.6) is 0 Å². The normalized spacial score (nSPS) is 10.5. The molecule has 4 nitrogen and oxygen atoms in total. The Kier molecular flexibility index (Phi) is 5.22. The van der Waals surface area contributed by atoms with E-state index in [9.17, 15) is 9.59 Å². The molecule has 1 N–H and O–H groups in total. The van der Waals surface area contributed by atoms with Crippen LogP contribution in [0.2, 0.25) is 10.0 Å². The SMILES string of the molecule is O=C(Nc1cccc(Cl)c1)c1ccc(=O)n(Cc2ccccc2Cl)c1. The lowest BCUT2D eigenvalue weighted by atomic mass is 10.2. The maximum absolute atomic E-state index is 12.4. The van der Waals surface area contributed by atoms with Crippen LogP contribution in [0, 0.1) is 0 Å². The molecule has 0 saturated carbocycles. The second-order valence-corrected chi connectivity index (χ2v) is 6.28. The molecular formula is C19H14Cl2N2O2. The number of nitrogens with zero attached hydrogens (tertiary/aromatic N) is 1. The van der Waals surface area contributed by atoms with Gasteiger partial charge in [0.2, 0.25) is 0 Å². The van der Waals surface area contributed by atoms with Crippen LogP contribution in [-0.2, 0) is 6.54 Å². The van der Waals surface area contributed by atoms with Crippen molar-refractivity contribution in [1.29, 1.82) is 0 Å². The van der Waals surface area contributed by atoms with E-state index in [4.69, 9.17) is 23.2 Å². The Labute approximate surface area is 154 Å². The van der Waals surface area contributed by atoms with E-state index in [0.29, 0.717) is 21.3 Å². The van der Waals surface area contributed by atoms with Crippen molar-refractivity contribution >= 4 is 34.8 Å². The lowest BCUT2D eigenvalue weighted by Crippen LogP contribution is -2.22. The zero-order valence-corrected chi connectivity index (χ0v) is 14.6. The molecule has 1 heterocycles. The molecule has 1 amide bonds. The van der Waals surface area contributed by atoms with E-state index in [-0.39, 0.29) is 18.0 Å². The summed E-state index contributed by atoms with van der Waals surface area (Å²) in [6.45, 7) is 0.288. The fraction of sp³-hybridized carbons (Fsp3) is 0.0526. The van der Waals surface area contributed by atoms with Crippen LogP contribution in [0.1, 0.15) is 15.9 Å². The third-order valence-corrected chi connectivity index (χ3v) is 4.23. The summed E-state index contributed by atoms with van der Waals surface area (Å²) in [6, 6.07) is 17.0. The van der Waals surface area contributed by atoms with E-state index in [2.05, 4.69) is 5.32 Å². The van der Waals surface area contributed by atoms with Crippen LogP contribution in [0.3, 0.4) is 0 Å². The number of carbonyl (C=O) groups excluding carboxylic acids is 1. The molecule has 0 aliphatic heterocycles. The average Bonchev–Trinajstić information content (AvgIpc) is 2.58. The van der Waals surface area contributed by atoms with Gasteiger partial charge in [-0.2, -0.15) is 0 Å². The molecule has 3 rings (SSSR count). The molecule has 0 bridgehead atoms. The third kappa shape index (κ3) is 4.29. The molecule has 0 fully saturated rings. The first-order valence-corrected chi connectivity index (χ1v) is 8.29. The summed E-state index contributed by atoms with van der Waals surface area (Å²) in [4.78, 5) is 24.5. The number of anilines is 1. The van der Waals surface area contributed by atoms with Gasteiger partial charge >= 0.3 is 0 Å². The molecule has 0 atom stereocenters. The highest BCUT2D eigenvalue weighted by molar-refractivity contribution is 6.31. The molecule has 3 aromatic rings. The second kappa shape index (κ2) is 7.55. The van der Waals surface area contributed by atoms with E-state index in [0.717, 1.165) is 5.56 Å². The molecule has 6 heteroatoms. The number of rotatable bonds is 4. The number of amides is 1. The van der Waals surface area contributed by atoms with Gasteiger partial charge in [-0.1, -0.05) is 47.5 Å². The highest BCUT2D eigenvalue weighted by Gasteiger charge is 2.09. The van der Waals surface area contributed by atoms with Crippen molar-refractivity contribution in [2.75, 3.05) is 5.32 Å². The largest absolute Gasteiger partial charge is 0.322 e. The second-order valence-electron chi connectivity index (χ2n) is 5.44. The quantitative estimate of drug-likeness (QED) is 0.734. The van der Waals surface area contributed by atoms with E-state index in [1.807, 2.05) is 18.2 Å². The monoisotopic (exact) mass is 372 g/mol. The minimum atomic E-state index is -0.324. The van der Waals surface area contributed by atoms with Gasteiger partial charge in [0.05, 0.1) is 12.1 Å². The van der Waals surface area contributed by atoms with Crippen molar-refractivity contribution in [3.63, 3.8) is 0 Å².